The number of nitrogens with one attached hydrogen (secondary N) is 2. The van der Waals surface area contributed by atoms with E-state index in [4.69, 9.17) is 9.73 Å². The van der Waals surface area contributed by atoms with E-state index < -0.39 is 0 Å². The molecule has 1 saturated heterocycles. The Morgan fingerprint density at radius 3 is 2.61 bits per heavy atom. The van der Waals surface area contributed by atoms with Crippen LogP contribution in [-0.2, 0) is 6.42 Å². The third-order valence-corrected chi connectivity index (χ3v) is 5.43. The predicted octanol–water partition coefficient (Wildman–Crippen LogP) is 3.84. The van der Waals surface area contributed by atoms with Crippen molar-refractivity contribution < 1.29 is 4.74 Å². The van der Waals surface area contributed by atoms with Gasteiger partial charge in [-0.3, -0.25) is 4.99 Å². The highest BCUT2D eigenvalue weighted by molar-refractivity contribution is 14.0. The molecule has 5 nitrogen and oxygen atoms in total. The predicted molar refractivity (Wildman–Crippen MR) is 130 cm³/mol. The maximum Gasteiger partial charge on any atom is 0.191 e. The lowest BCUT2D eigenvalue weighted by atomic mass is 9.94. The fourth-order valence-electron chi connectivity index (χ4n) is 3.71. The van der Waals surface area contributed by atoms with E-state index in [2.05, 4.69) is 48.4 Å². The summed E-state index contributed by atoms with van der Waals surface area (Å²) in [5.74, 6) is 2.72. The van der Waals surface area contributed by atoms with Gasteiger partial charge in [0, 0.05) is 19.6 Å². The minimum atomic E-state index is 0. The highest BCUT2D eigenvalue weighted by atomic mass is 127. The number of halogens is 1. The Hall–Kier alpha value is -1.02. The van der Waals surface area contributed by atoms with Crippen LogP contribution < -0.4 is 15.4 Å². The molecule has 1 aromatic rings. The van der Waals surface area contributed by atoms with E-state index in [1.54, 1.807) is 7.11 Å². The van der Waals surface area contributed by atoms with Gasteiger partial charge in [0.1, 0.15) is 5.75 Å². The first-order valence-corrected chi connectivity index (χ1v) is 10.5. The van der Waals surface area contributed by atoms with Crippen LogP contribution in [0.15, 0.2) is 23.2 Å². The van der Waals surface area contributed by atoms with E-state index in [9.17, 15) is 0 Å². The molecule has 0 aliphatic carbocycles. The van der Waals surface area contributed by atoms with E-state index in [-0.39, 0.29) is 24.0 Å². The minimum Gasteiger partial charge on any atom is -0.496 e. The van der Waals surface area contributed by atoms with Crippen molar-refractivity contribution >= 4 is 29.9 Å². The van der Waals surface area contributed by atoms with Crippen LogP contribution in [-0.4, -0.2) is 57.2 Å². The van der Waals surface area contributed by atoms with Crippen LogP contribution in [0.25, 0.3) is 0 Å². The Labute approximate surface area is 188 Å². The van der Waals surface area contributed by atoms with Crippen LogP contribution in [0.3, 0.4) is 0 Å². The average molecular weight is 502 g/mol. The Morgan fingerprint density at radius 2 is 1.96 bits per heavy atom. The number of likely N-dealkylation sites (tertiary alicyclic amines) is 1. The van der Waals surface area contributed by atoms with Crippen molar-refractivity contribution in [2.75, 3.05) is 46.4 Å². The number of ether oxygens (including phenoxy) is 1. The maximum absolute atomic E-state index is 5.48. The van der Waals surface area contributed by atoms with Gasteiger partial charge in [-0.15, -0.1) is 24.0 Å². The zero-order valence-corrected chi connectivity index (χ0v) is 20.4. The van der Waals surface area contributed by atoms with E-state index in [1.807, 2.05) is 6.07 Å². The Kier molecular flexibility index (Phi) is 12.5. The van der Waals surface area contributed by atoms with E-state index in [0.29, 0.717) is 0 Å². The molecule has 0 atom stereocenters. The smallest absolute Gasteiger partial charge is 0.191 e. The number of aliphatic imine (C=N–C) groups is 1. The van der Waals surface area contributed by atoms with Crippen molar-refractivity contribution in [2.45, 2.75) is 46.5 Å². The Balaban J connectivity index is 0.00000392. The second kappa shape index (κ2) is 14.0. The molecule has 0 spiro atoms. The molecule has 1 aliphatic heterocycles. The van der Waals surface area contributed by atoms with Gasteiger partial charge in [0.2, 0.25) is 0 Å². The SMILES string of the molecule is CCNC(=NCCC1CCN(CC)CC1)NCCc1cc(C)ccc1OC.I. The molecule has 1 aromatic carbocycles. The first-order chi connectivity index (χ1) is 13.2. The molecule has 28 heavy (non-hydrogen) atoms. The summed E-state index contributed by atoms with van der Waals surface area (Å²) in [5, 5.41) is 6.83. The highest BCUT2D eigenvalue weighted by Gasteiger charge is 2.17. The number of benzene rings is 1. The number of guanidine groups is 1. The van der Waals surface area contributed by atoms with Crippen molar-refractivity contribution in [1.82, 2.24) is 15.5 Å². The summed E-state index contributed by atoms with van der Waals surface area (Å²) in [6.45, 7) is 12.8. The lowest BCUT2D eigenvalue weighted by Gasteiger charge is -2.30. The Morgan fingerprint density at radius 1 is 1.21 bits per heavy atom. The molecule has 6 heteroatoms. The van der Waals surface area contributed by atoms with Gasteiger partial charge >= 0.3 is 0 Å². The van der Waals surface area contributed by atoms with E-state index >= 15 is 0 Å². The molecule has 2 rings (SSSR count). The largest absolute Gasteiger partial charge is 0.496 e. The normalized spacial score (nSPS) is 15.8. The quantitative estimate of drug-likeness (QED) is 0.306. The molecule has 1 aliphatic rings. The summed E-state index contributed by atoms with van der Waals surface area (Å²) < 4.78 is 5.48. The molecule has 0 unspecified atom stereocenters. The van der Waals surface area contributed by atoms with E-state index in [0.717, 1.165) is 43.7 Å². The highest BCUT2D eigenvalue weighted by Crippen LogP contribution is 2.20. The summed E-state index contributed by atoms with van der Waals surface area (Å²) in [5.41, 5.74) is 2.50. The molecule has 2 N–H and O–H groups in total. The summed E-state index contributed by atoms with van der Waals surface area (Å²) in [7, 11) is 1.73. The van der Waals surface area contributed by atoms with Gasteiger partial charge in [-0.1, -0.05) is 24.6 Å². The number of rotatable bonds is 9. The molecular weight excluding hydrogens is 463 g/mol. The lowest BCUT2D eigenvalue weighted by molar-refractivity contribution is 0.188. The second-order valence-electron chi connectivity index (χ2n) is 7.42. The molecule has 0 amide bonds. The zero-order valence-electron chi connectivity index (χ0n) is 18.1. The molecule has 1 fully saturated rings. The van der Waals surface area contributed by atoms with Crippen LogP contribution >= 0.6 is 24.0 Å². The van der Waals surface area contributed by atoms with Gasteiger partial charge in [0.25, 0.3) is 0 Å². The van der Waals surface area contributed by atoms with Gasteiger partial charge in [-0.05, 0) is 76.7 Å². The van der Waals surface area contributed by atoms with Crippen molar-refractivity contribution in [3.05, 3.63) is 29.3 Å². The summed E-state index contributed by atoms with van der Waals surface area (Å²) in [6, 6.07) is 6.34. The Bertz CT molecular complexity index is 586. The van der Waals surface area contributed by atoms with Crippen molar-refractivity contribution in [1.29, 1.82) is 0 Å². The molecule has 0 aromatic heterocycles. The molecule has 0 bridgehead atoms. The number of nitrogens with zero attached hydrogens (tertiary/aromatic N) is 2. The fraction of sp³-hybridized carbons (Fsp3) is 0.682. The average Bonchev–Trinajstić information content (AvgIpc) is 2.68. The van der Waals surface area contributed by atoms with Crippen molar-refractivity contribution in [3.63, 3.8) is 0 Å². The maximum atomic E-state index is 5.48. The van der Waals surface area contributed by atoms with Crippen LogP contribution in [0.5, 0.6) is 5.75 Å². The summed E-state index contributed by atoms with van der Waals surface area (Å²) >= 11 is 0. The van der Waals surface area contributed by atoms with Gasteiger partial charge < -0.3 is 20.3 Å². The van der Waals surface area contributed by atoms with Crippen molar-refractivity contribution in [2.24, 2.45) is 10.9 Å². The number of methoxy groups -OCH3 is 1. The van der Waals surface area contributed by atoms with Crippen LogP contribution in [0.4, 0.5) is 0 Å². The van der Waals surface area contributed by atoms with Gasteiger partial charge in [-0.25, -0.2) is 0 Å². The fourth-order valence-corrected chi connectivity index (χ4v) is 3.71. The molecule has 1 heterocycles. The first-order valence-electron chi connectivity index (χ1n) is 10.5. The van der Waals surface area contributed by atoms with Crippen molar-refractivity contribution in [3.8, 4) is 5.75 Å². The minimum absolute atomic E-state index is 0. The van der Waals surface area contributed by atoms with Crippen LogP contribution in [0.1, 0.15) is 44.2 Å². The van der Waals surface area contributed by atoms with Gasteiger partial charge in [0.05, 0.1) is 7.11 Å². The standard InChI is InChI=1S/C22H38N4O.HI/c1-5-23-22(24-13-9-19-11-15-26(6-2)16-12-19)25-14-10-20-17-18(3)7-8-21(20)27-4;/h7-8,17,19H,5-6,9-16H2,1-4H3,(H2,23,24,25);1H. The molecular formula is C22H39IN4O. The first kappa shape index (κ1) is 25.0. The number of hydrogen-bond donors (Lipinski definition) is 2. The summed E-state index contributed by atoms with van der Waals surface area (Å²) in [6.07, 6.45) is 4.76. The lowest BCUT2D eigenvalue weighted by Crippen LogP contribution is -2.38. The molecule has 0 radical (unpaired) electrons. The number of piperidine rings is 1. The van der Waals surface area contributed by atoms with Gasteiger partial charge in [0.15, 0.2) is 5.96 Å². The number of aryl methyl sites for hydroxylation is 1. The second-order valence-corrected chi connectivity index (χ2v) is 7.42. The summed E-state index contributed by atoms with van der Waals surface area (Å²) in [4.78, 5) is 7.33. The van der Waals surface area contributed by atoms with Crippen LogP contribution in [0, 0.1) is 12.8 Å². The third kappa shape index (κ3) is 8.55. The van der Waals surface area contributed by atoms with Crippen LogP contribution in [0.2, 0.25) is 0 Å². The molecule has 160 valence electrons. The monoisotopic (exact) mass is 502 g/mol. The van der Waals surface area contributed by atoms with Gasteiger partial charge in [-0.2, -0.15) is 0 Å². The number of hydrogen-bond acceptors (Lipinski definition) is 3. The van der Waals surface area contributed by atoms with E-state index in [1.165, 1.54) is 50.0 Å². The zero-order chi connectivity index (χ0) is 19.5. The molecule has 0 saturated carbocycles. The third-order valence-electron chi connectivity index (χ3n) is 5.43. The topological polar surface area (TPSA) is 48.9 Å².